The van der Waals surface area contributed by atoms with Gasteiger partial charge in [-0.2, -0.15) is 4.31 Å². The maximum Gasteiger partial charge on any atom is 0.251 e. The molecule has 1 heterocycles. The van der Waals surface area contributed by atoms with E-state index in [0.29, 0.717) is 18.7 Å². The molecule has 8 heteroatoms. The molecule has 2 aromatic rings. The molecule has 2 aromatic carbocycles. The SMILES string of the molecule is CCN(CC)S(=O)(=O)c1cccc(C(=O)NC2CCN(c3ccc(OC)cc3)CC2)c1. The van der Waals surface area contributed by atoms with Gasteiger partial charge in [0.2, 0.25) is 10.0 Å². The van der Waals surface area contributed by atoms with Crippen LogP contribution in [0.3, 0.4) is 0 Å². The molecule has 3 rings (SSSR count). The van der Waals surface area contributed by atoms with Crippen molar-refractivity contribution in [1.82, 2.24) is 9.62 Å². The molecule has 0 atom stereocenters. The molecule has 0 bridgehead atoms. The number of nitrogens with one attached hydrogen (secondary N) is 1. The number of amides is 1. The lowest BCUT2D eigenvalue weighted by Crippen LogP contribution is -2.44. The van der Waals surface area contributed by atoms with E-state index in [2.05, 4.69) is 10.2 Å². The number of sulfonamides is 1. The number of hydrogen-bond acceptors (Lipinski definition) is 5. The Morgan fingerprint density at radius 3 is 2.32 bits per heavy atom. The fourth-order valence-electron chi connectivity index (χ4n) is 3.85. The number of carbonyl (C=O) groups excluding carboxylic acids is 1. The minimum absolute atomic E-state index is 0.0602. The molecule has 1 amide bonds. The van der Waals surface area contributed by atoms with E-state index in [9.17, 15) is 13.2 Å². The highest BCUT2D eigenvalue weighted by Gasteiger charge is 2.24. The van der Waals surface area contributed by atoms with Crippen molar-refractivity contribution in [1.29, 1.82) is 0 Å². The Morgan fingerprint density at radius 1 is 1.10 bits per heavy atom. The van der Waals surface area contributed by atoms with Gasteiger partial charge in [-0.15, -0.1) is 0 Å². The standard InChI is InChI=1S/C23H31N3O4S/c1-4-26(5-2)31(28,29)22-8-6-7-18(17-22)23(27)24-19-13-15-25(16-14-19)20-9-11-21(30-3)12-10-20/h6-12,17,19H,4-5,13-16H2,1-3H3,(H,24,27). The second kappa shape index (κ2) is 10.2. The van der Waals surface area contributed by atoms with Crippen LogP contribution in [0.4, 0.5) is 5.69 Å². The first-order chi connectivity index (χ1) is 14.9. The summed E-state index contributed by atoms with van der Waals surface area (Å²) < 4.78 is 32.1. The summed E-state index contributed by atoms with van der Waals surface area (Å²) in [6.07, 6.45) is 1.66. The lowest BCUT2D eigenvalue weighted by Gasteiger charge is -2.34. The van der Waals surface area contributed by atoms with Gasteiger partial charge in [-0.1, -0.05) is 19.9 Å². The van der Waals surface area contributed by atoms with Crippen molar-refractivity contribution >= 4 is 21.6 Å². The Labute approximate surface area is 185 Å². The van der Waals surface area contributed by atoms with E-state index >= 15 is 0 Å². The number of anilines is 1. The molecule has 0 saturated carbocycles. The largest absolute Gasteiger partial charge is 0.497 e. The normalized spacial score (nSPS) is 15.2. The predicted molar refractivity (Wildman–Crippen MR) is 122 cm³/mol. The molecule has 168 valence electrons. The smallest absolute Gasteiger partial charge is 0.251 e. The van der Waals surface area contributed by atoms with Crippen molar-refractivity contribution < 1.29 is 17.9 Å². The van der Waals surface area contributed by atoms with Crippen molar-refractivity contribution in [2.24, 2.45) is 0 Å². The maximum absolute atomic E-state index is 12.8. The first kappa shape index (κ1) is 23.1. The van der Waals surface area contributed by atoms with Crippen molar-refractivity contribution in [3.05, 3.63) is 54.1 Å². The summed E-state index contributed by atoms with van der Waals surface area (Å²) in [5.74, 6) is 0.593. The number of ether oxygens (including phenoxy) is 1. The first-order valence-electron chi connectivity index (χ1n) is 10.7. The van der Waals surface area contributed by atoms with Gasteiger partial charge in [0.15, 0.2) is 0 Å². The topological polar surface area (TPSA) is 79.0 Å². The van der Waals surface area contributed by atoms with Gasteiger partial charge in [0.25, 0.3) is 5.91 Å². The highest BCUT2D eigenvalue weighted by Crippen LogP contribution is 2.23. The van der Waals surface area contributed by atoms with E-state index in [1.807, 2.05) is 24.3 Å². The van der Waals surface area contributed by atoms with Crippen LogP contribution in [0.2, 0.25) is 0 Å². The van der Waals surface area contributed by atoms with Crippen molar-refractivity contribution in [3.8, 4) is 5.75 Å². The number of benzene rings is 2. The summed E-state index contributed by atoms with van der Waals surface area (Å²) in [5, 5.41) is 3.07. The molecule has 1 saturated heterocycles. The van der Waals surface area contributed by atoms with Crippen LogP contribution in [0.15, 0.2) is 53.4 Å². The van der Waals surface area contributed by atoms with E-state index in [0.717, 1.165) is 37.4 Å². The molecular weight excluding hydrogens is 414 g/mol. The third kappa shape index (κ3) is 5.37. The first-order valence-corrected chi connectivity index (χ1v) is 12.1. The minimum Gasteiger partial charge on any atom is -0.497 e. The van der Waals surface area contributed by atoms with Gasteiger partial charge in [-0.25, -0.2) is 8.42 Å². The number of nitrogens with zero attached hydrogens (tertiary/aromatic N) is 2. The highest BCUT2D eigenvalue weighted by atomic mass is 32.2. The summed E-state index contributed by atoms with van der Waals surface area (Å²) in [7, 11) is -1.94. The Balaban J connectivity index is 1.61. The average Bonchev–Trinajstić information content (AvgIpc) is 2.80. The molecule has 31 heavy (non-hydrogen) atoms. The molecule has 0 radical (unpaired) electrons. The van der Waals surface area contributed by atoms with Gasteiger partial charge in [-0.05, 0) is 55.3 Å². The Hall–Kier alpha value is -2.58. The van der Waals surface area contributed by atoms with Crippen LogP contribution in [-0.2, 0) is 10.0 Å². The Morgan fingerprint density at radius 2 is 1.74 bits per heavy atom. The van der Waals surface area contributed by atoms with Gasteiger partial charge in [0.05, 0.1) is 12.0 Å². The summed E-state index contributed by atoms with van der Waals surface area (Å²) in [6.45, 7) is 6.07. The lowest BCUT2D eigenvalue weighted by molar-refractivity contribution is 0.0931. The number of piperidine rings is 1. The van der Waals surface area contributed by atoms with E-state index < -0.39 is 10.0 Å². The highest BCUT2D eigenvalue weighted by molar-refractivity contribution is 7.89. The van der Waals surface area contributed by atoms with Gasteiger partial charge in [0, 0.05) is 43.5 Å². The molecule has 1 aliphatic rings. The van der Waals surface area contributed by atoms with E-state index in [-0.39, 0.29) is 16.8 Å². The van der Waals surface area contributed by atoms with Gasteiger partial charge in [-0.3, -0.25) is 4.79 Å². The fourth-order valence-corrected chi connectivity index (χ4v) is 5.36. The number of rotatable bonds is 8. The molecule has 1 fully saturated rings. The minimum atomic E-state index is -3.60. The van der Waals surface area contributed by atoms with E-state index in [1.54, 1.807) is 33.1 Å². The quantitative estimate of drug-likeness (QED) is 0.675. The molecule has 1 N–H and O–H groups in total. The van der Waals surface area contributed by atoms with Crippen LogP contribution in [-0.4, -0.2) is 58.0 Å². The molecule has 7 nitrogen and oxygen atoms in total. The monoisotopic (exact) mass is 445 g/mol. The Bertz CT molecular complexity index is 980. The number of hydrogen-bond donors (Lipinski definition) is 1. The second-order valence-electron chi connectivity index (χ2n) is 7.55. The van der Waals surface area contributed by atoms with E-state index in [1.165, 1.54) is 16.4 Å². The van der Waals surface area contributed by atoms with Crippen molar-refractivity contribution in [2.45, 2.75) is 37.6 Å². The summed E-state index contributed by atoms with van der Waals surface area (Å²) in [6, 6.07) is 14.3. The third-order valence-electron chi connectivity index (χ3n) is 5.71. The zero-order valence-electron chi connectivity index (χ0n) is 18.4. The average molecular weight is 446 g/mol. The lowest BCUT2D eigenvalue weighted by atomic mass is 10.0. The van der Waals surface area contributed by atoms with Crippen LogP contribution >= 0.6 is 0 Å². The van der Waals surface area contributed by atoms with Crippen molar-refractivity contribution in [2.75, 3.05) is 38.2 Å². The molecule has 0 unspecified atom stereocenters. The summed E-state index contributed by atoms with van der Waals surface area (Å²) in [5.41, 5.74) is 1.51. The number of methoxy groups -OCH3 is 1. The number of carbonyl (C=O) groups is 1. The third-order valence-corrected chi connectivity index (χ3v) is 7.75. The molecular formula is C23H31N3O4S. The summed E-state index contributed by atoms with van der Waals surface area (Å²) in [4.78, 5) is 15.2. The van der Waals surface area contributed by atoms with Gasteiger partial charge < -0.3 is 15.0 Å². The molecule has 0 aromatic heterocycles. The predicted octanol–water partition coefficient (Wildman–Crippen LogP) is 3.12. The maximum atomic E-state index is 12.8. The van der Waals surface area contributed by atoms with Crippen molar-refractivity contribution in [3.63, 3.8) is 0 Å². The zero-order chi connectivity index (χ0) is 22.4. The zero-order valence-corrected chi connectivity index (χ0v) is 19.2. The van der Waals surface area contributed by atoms with Crippen LogP contribution in [0.5, 0.6) is 5.75 Å². The van der Waals surface area contributed by atoms with Crippen LogP contribution < -0.4 is 15.0 Å². The van der Waals surface area contributed by atoms with Crippen LogP contribution in [0, 0.1) is 0 Å². The van der Waals surface area contributed by atoms with E-state index in [4.69, 9.17) is 4.74 Å². The van der Waals surface area contributed by atoms with Gasteiger partial charge in [0.1, 0.15) is 5.75 Å². The molecule has 1 aliphatic heterocycles. The summed E-state index contributed by atoms with van der Waals surface area (Å²) >= 11 is 0. The van der Waals surface area contributed by atoms with Crippen LogP contribution in [0.1, 0.15) is 37.0 Å². The van der Waals surface area contributed by atoms with Crippen LogP contribution in [0.25, 0.3) is 0 Å². The van der Waals surface area contributed by atoms with Gasteiger partial charge >= 0.3 is 0 Å². The second-order valence-corrected chi connectivity index (χ2v) is 9.49. The molecule has 0 spiro atoms. The Kier molecular flexibility index (Phi) is 7.56. The molecule has 0 aliphatic carbocycles. The fraction of sp³-hybridized carbons (Fsp3) is 0.435.